The van der Waals surface area contributed by atoms with Gasteiger partial charge in [-0.1, -0.05) is 58.5 Å². The lowest BCUT2D eigenvalue weighted by atomic mass is 9.93. The van der Waals surface area contributed by atoms with Crippen LogP contribution in [-0.4, -0.2) is 22.8 Å². The summed E-state index contributed by atoms with van der Waals surface area (Å²) < 4.78 is 20.7. The number of nitrogens with zero attached hydrogens (tertiary/aromatic N) is 1. The maximum absolute atomic E-state index is 14.3. The number of benzene rings is 2. The van der Waals surface area contributed by atoms with E-state index in [0.717, 1.165) is 10.8 Å². The number of hydrogen-bond donors (Lipinski definition) is 1. The molecule has 1 aromatic heterocycles. The standard InChI is InChI=1S/C19H16BrFN2O2S/c1-2-25-19(24)15(9-11-7-8-12(20)10-16(11)21)17-13-5-3-4-6-14(13)18(26)23-22-17/h3-8,10,15H,2,9H2,1H3,(H,23,26). The van der Waals surface area contributed by atoms with Crippen LogP contribution in [0.2, 0.25) is 0 Å². The zero-order valence-electron chi connectivity index (χ0n) is 14.0. The van der Waals surface area contributed by atoms with Gasteiger partial charge in [0, 0.05) is 15.2 Å². The second-order valence-corrected chi connectivity index (χ2v) is 7.05. The van der Waals surface area contributed by atoms with Gasteiger partial charge in [0.15, 0.2) is 0 Å². The second kappa shape index (κ2) is 8.05. The molecule has 3 rings (SSSR count). The Kier molecular flexibility index (Phi) is 5.78. The third-order valence-corrected chi connectivity index (χ3v) is 4.87. The summed E-state index contributed by atoms with van der Waals surface area (Å²) in [6.45, 7) is 1.97. The van der Waals surface area contributed by atoms with E-state index in [0.29, 0.717) is 20.4 Å². The maximum atomic E-state index is 14.3. The highest BCUT2D eigenvalue weighted by atomic mass is 79.9. The summed E-state index contributed by atoms with van der Waals surface area (Å²) in [5.74, 6) is -1.58. The number of carbonyl (C=O) groups excluding carboxylic acids is 1. The zero-order chi connectivity index (χ0) is 18.7. The first-order valence-electron chi connectivity index (χ1n) is 8.09. The van der Waals surface area contributed by atoms with Crippen molar-refractivity contribution in [2.24, 2.45) is 0 Å². The summed E-state index contributed by atoms with van der Waals surface area (Å²) in [7, 11) is 0. The minimum Gasteiger partial charge on any atom is -0.465 e. The van der Waals surface area contributed by atoms with Crippen LogP contribution in [-0.2, 0) is 16.0 Å². The number of hydrogen-bond acceptors (Lipinski definition) is 4. The van der Waals surface area contributed by atoms with Crippen LogP contribution in [0.5, 0.6) is 0 Å². The molecule has 0 fully saturated rings. The SMILES string of the molecule is CCOC(=O)C(Cc1ccc(Br)cc1F)c1n[nH]c(=S)c2ccccc12. The van der Waals surface area contributed by atoms with Gasteiger partial charge in [0.2, 0.25) is 0 Å². The summed E-state index contributed by atoms with van der Waals surface area (Å²) in [5, 5.41) is 8.62. The number of esters is 1. The molecule has 0 saturated carbocycles. The summed E-state index contributed by atoms with van der Waals surface area (Å²) in [4.78, 5) is 12.6. The number of aromatic nitrogens is 2. The molecule has 1 unspecified atom stereocenters. The molecule has 1 atom stereocenters. The molecule has 0 aliphatic heterocycles. The molecule has 2 aromatic carbocycles. The lowest BCUT2D eigenvalue weighted by Gasteiger charge is -2.17. The molecular formula is C19H16BrFN2O2S. The first kappa shape index (κ1) is 18.7. The van der Waals surface area contributed by atoms with Crippen LogP contribution < -0.4 is 0 Å². The fourth-order valence-corrected chi connectivity index (χ4v) is 3.40. The van der Waals surface area contributed by atoms with Crippen LogP contribution in [0.15, 0.2) is 46.9 Å². The van der Waals surface area contributed by atoms with E-state index >= 15 is 0 Å². The number of rotatable bonds is 5. The fourth-order valence-electron chi connectivity index (χ4n) is 2.84. The van der Waals surface area contributed by atoms with E-state index in [9.17, 15) is 9.18 Å². The fraction of sp³-hybridized carbons (Fsp3) is 0.211. The Morgan fingerprint density at radius 2 is 2.04 bits per heavy atom. The third-order valence-electron chi connectivity index (χ3n) is 4.07. The highest BCUT2D eigenvalue weighted by molar-refractivity contribution is 9.10. The van der Waals surface area contributed by atoms with Gasteiger partial charge in [-0.3, -0.25) is 9.89 Å². The Morgan fingerprint density at radius 1 is 1.31 bits per heavy atom. The van der Waals surface area contributed by atoms with Gasteiger partial charge in [0.1, 0.15) is 16.4 Å². The van der Waals surface area contributed by atoms with Crippen molar-refractivity contribution in [1.82, 2.24) is 10.2 Å². The normalized spacial score (nSPS) is 12.1. The lowest BCUT2D eigenvalue weighted by Crippen LogP contribution is -2.21. The van der Waals surface area contributed by atoms with E-state index in [2.05, 4.69) is 26.1 Å². The molecule has 0 spiro atoms. The monoisotopic (exact) mass is 434 g/mol. The lowest BCUT2D eigenvalue weighted by molar-refractivity contribution is -0.145. The Morgan fingerprint density at radius 3 is 2.73 bits per heavy atom. The second-order valence-electron chi connectivity index (χ2n) is 5.73. The van der Waals surface area contributed by atoms with Gasteiger partial charge in [-0.25, -0.2) is 4.39 Å². The van der Waals surface area contributed by atoms with E-state index in [-0.39, 0.29) is 18.8 Å². The molecule has 0 saturated heterocycles. The van der Waals surface area contributed by atoms with Crippen molar-refractivity contribution in [2.45, 2.75) is 19.3 Å². The Labute approximate surface area is 163 Å². The number of nitrogens with one attached hydrogen (secondary N) is 1. The van der Waals surface area contributed by atoms with Crippen molar-refractivity contribution in [3.8, 4) is 0 Å². The van der Waals surface area contributed by atoms with Crippen molar-refractivity contribution >= 4 is 44.9 Å². The predicted octanol–water partition coefficient (Wildman–Crippen LogP) is 5.08. The molecule has 0 aliphatic rings. The number of H-pyrrole nitrogens is 1. The Hall–Kier alpha value is -2.12. The largest absolute Gasteiger partial charge is 0.465 e. The number of fused-ring (bicyclic) bond motifs is 1. The third kappa shape index (κ3) is 3.83. The van der Waals surface area contributed by atoms with Gasteiger partial charge in [-0.15, -0.1) is 0 Å². The molecule has 134 valence electrons. The summed E-state index contributed by atoms with van der Waals surface area (Å²) in [6, 6.07) is 12.2. The Bertz CT molecular complexity index is 1020. The van der Waals surface area contributed by atoms with Crippen LogP contribution in [0.1, 0.15) is 24.1 Å². The molecule has 26 heavy (non-hydrogen) atoms. The minimum atomic E-state index is -0.748. The van der Waals surface area contributed by atoms with Gasteiger partial charge >= 0.3 is 5.97 Å². The van der Waals surface area contributed by atoms with Crippen molar-refractivity contribution < 1.29 is 13.9 Å². The van der Waals surface area contributed by atoms with Crippen LogP contribution in [0, 0.1) is 10.5 Å². The number of aromatic amines is 1. The van der Waals surface area contributed by atoms with E-state index in [4.69, 9.17) is 17.0 Å². The number of carbonyl (C=O) groups is 1. The molecule has 7 heteroatoms. The first-order valence-corrected chi connectivity index (χ1v) is 9.29. The quantitative estimate of drug-likeness (QED) is 0.449. The molecule has 1 N–H and O–H groups in total. The molecule has 4 nitrogen and oxygen atoms in total. The van der Waals surface area contributed by atoms with Crippen LogP contribution in [0.3, 0.4) is 0 Å². The van der Waals surface area contributed by atoms with Gasteiger partial charge in [0.05, 0.1) is 12.3 Å². The highest BCUT2D eigenvalue weighted by Crippen LogP contribution is 2.29. The van der Waals surface area contributed by atoms with Crippen molar-refractivity contribution in [2.75, 3.05) is 6.61 Å². The summed E-state index contributed by atoms with van der Waals surface area (Å²) in [6.07, 6.45) is 0.138. The summed E-state index contributed by atoms with van der Waals surface area (Å²) >= 11 is 8.52. The molecule has 0 amide bonds. The molecule has 0 aliphatic carbocycles. The Balaban J connectivity index is 2.12. The summed E-state index contributed by atoms with van der Waals surface area (Å²) in [5.41, 5.74) is 0.912. The molecule has 3 aromatic rings. The average Bonchev–Trinajstić information content (AvgIpc) is 2.62. The molecule has 0 bridgehead atoms. The first-order chi connectivity index (χ1) is 12.5. The van der Waals surface area contributed by atoms with Crippen molar-refractivity contribution in [1.29, 1.82) is 0 Å². The van der Waals surface area contributed by atoms with Gasteiger partial charge < -0.3 is 4.74 Å². The molecule has 0 radical (unpaired) electrons. The van der Waals surface area contributed by atoms with Crippen LogP contribution >= 0.6 is 28.1 Å². The number of ether oxygens (including phenoxy) is 1. The van der Waals surface area contributed by atoms with E-state index in [1.807, 2.05) is 24.3 Å². The predicted molar refractivity (Wildman–Crippen MR) is 104 cm³/mol. The van der Waals surface area contributed by atoms with Crippen molar-refractivity contribution in [3.63, 3.8) is 0 Å². The van der Waals surface area contributed by atoms with E-state index in [1.54, 1.807) is 19.1 Å². The zero-order valence-corrected chi connectivity index (χ0v) is 16.4. The minimum absolute atomic E-state index is 0.138. The van der Waals surface area contributed by atoms with Gasteiger partial charge in [-0.05, 0) is 31.0 Å². The molecule has 1 heterocycles. The topological polar surface area (TPSA) is 55.0 Å². The number of halogens is 2. The molecular weight excluding hydrogens is 419 g/mol. The van der Waals surface area contributed by atoms with Gasteiger partial charge in [0.25, 0.3) is 0 Å². The van der Waals surface area contributed by atoms with E-state index < -0.39 is 11.9 Å². The highest BCUT2D eigenvalue weighted by Gasteiger charge is 2.27. The van der Waals surface area contributed by atoms with Crippen LogP contribution in [0.4, 0.5) is 4.39 Å². The maximum Gasteiger partial charge on any atom is 0.315 e. The van der Waals surface area contributed by atoms with Gasteiger partial charge in [-0.2, -0.15) is 5.10 Å². The van der Waals surface area contributed by atoms with Crippen molar-refractivity contribution in [3.05, 3.63) is 68.7 Å². The van der Waals surface area contributed by atoms with Crippen LogP contribution in [0.25, 0.3) is 10.8 Å². The smallest absolute Gasteiger partial charge is 0.315 e. The van der Waals surface area contributed by atoms with E-state index in [1.165, 1.54) is 6.07 Å². The average molecular weight is 435 g/mol.